The van der Waals surface area contributed by atoms with Crippen LogP contribution in [0.3, 0.4) is 0 Å². The molecule has 0 radical (unpaired) electrons. The van der Waals surface area contributed by atoms with E-state index in [1.165, 1.54) is 30.3 Å². The Labute approximate surface area is 123 Å². The van der Waals surface area contributed by atoms with Crippen molar-refractivity contribution in [2.24, 2.45) is 0 Å². The molecular formula is C16H11F3O3. The predicted molar refractivity (Wildman–Crippen MR) is 72.3 cm³/mol. The SMILES string of the molecule is O=C(O)Cc1ccc2c(c1)C(O)(C(F)(F)F)c1ccccc1-2. The Hall–Kier alpha value is -2.34. The van der Waals surface area contributed by atoms with Crippen molar-refractivity contribution in [3.63, 3.8) is 0 Å². The third kappa shape index (κ3) is 1.91. The van der Waals surface area contributed by atoms with Gasteiger partial charge in [-0.25, -0.2) is 0 Å². The van der Waals surface area contributed by atoms with Gasteiger partial charge < -0.3 is 10.2 Å². The van der Waals surface area contributed by atoms with Gasteiger partial charge in [-0.05, 0) is 16.7 Å². The molecule has 0 amide bonds. The second-order valence-electron chi connectivity index (χ2n) is 5.20. The van der Waals surface area contributed by atoms with E-state index < -0.39 is 24.2 Å². The molecule has 0 saturated carbocycles. The van der Waals surface area contributed by atoms with Crippen LogP contribution in [0.5, 0.6) is 0 Å². The minimum absolute atomic E-state index is 0.210. The van der Waals surface area contributed by atoms with E-state index in [1.807, 2.05) is 0 Å². The van der Waals surface area contributed by atoms with Crippen molar-refractivity contribution in [2.45, 2.75) is 18.2 Å². The fraction of sp³-hybridized carbons (Fsp3) is 0.188. The van der Waals surface area contributed by atoms with Gasteiger partial charge in [-0.2, -0.15) is 13.2 Å². The highest BCUT2D eigenvalue weighted by atomic mass is 19.4. The Bertz CT molecular complexity index is 767. The van der Waals surface area contributed by atoms with E-state index in [-0.39, 0.29) is 22.3 Å². The highest BCUT2D eigenvalue weighted by Gasteiger charge is 2.60. The molecule has 114 valence electrons. The summed E-state index contributed by atoms with van der Waals surface area (Å²) in [4.78, 5) is 10.8. The standard InChI is InChI=1S/C16H11F3O3/c17-16(18,19)15(22)12-4-2-1-3-10(12)11-6-5-9(7-13(11)15)8-14(20)21/h1-7,22H,8H2,(H,20,21). The van der Waals surface area contributed by atoms with E-state index in [0.717, 1.165) is 6.07 Å². The molecule has 2 N–H and O–H groups in total. The fourth-order valence-electron chi connectivity index (χ4n) is 2.89. The van der Waals surface area contributed by atoms with Gasteiger partial charge in [0, 0.05) is 11.1 Å². The number of carboxylic acid groups (broad SMARTS) is 1. The first-order chi connectivity index (χ1) is 10.2. The number of aliphatic carboxylic acids is 1. The highest BCUT2D eigenvalue weighted by Crippen LogP contribution is 2.54. The normalized spacial score (nSPS) is 19.6. The molecule has 2 aromatic rings. The summed E-state index contributed by atoms with van der Waals surface area (Å²) in [6, 6.07) is 9.78. The second kappa shape index (κ2) is 4.58. The van der Waals surface area contributed by atoms with Gasteiger partial charge in [0.25, 0.3) is 0 Å². The lowest BCUT2D eigenvalue weighted by atomic mass is 9.89. The summed E-state index contributed by atoms with van der Waals surface area (Å²) in [5.41, 5.74) is -2.89. The maximum atomic E-state index is 13.5. The van der Waals surface area contributed by atoms with Crippen molar-refractivity contribution in [3.8, 4) is 11.1 Å². The van der Waals surface area contributed by atoms with E-state index in [2.05, 4.69) is 0 Å². The van der Waals surface area contributed by atoms with Gasteiger partial charge in [-0.15, -0.1) is 0 Å². The van der Waals surface area contributed by atoms with Crippen molar-refractivity contribution in [1.82, 2.24) is 0 Å². The summed E-state index contributed by atoms with van der Waals surface area (Å²) in [7, 11) is 0. The predicted octanol–water partition coefficient (Wildman–Crippen LogP) is 3.09. The van der Waals surface area contributed by atoms with Gasteiger partial charge >= 0.3 is 12.1 Å². The van der Waals surface area contributed by atoms with Crippen LogP contribution in [-0.2, 0) is 16.8 Å². The Morgan fingerprint density at radius 3 is 2.32 bits per heavy atom. The molecule has 3 nitrogen and oxygen atoms in total. The second-order valence-corrected chi connectivity index (χ2v) is 5.20. The van der Waals surface area contributed by atoms with Gasteiger partial charge in [0.1, 0.15) is 0 Å². The number of alkyl halides is 3. The number of rotatable bonds is 2. The zero-order chi connectivity index (χ0) is 16.1. The molecule has 0 spiro atoms. The maximum absolute atomic E-state index is 13.5. The van der Waals surface area contributed by atoms with Crippen LogP contribution in [0.1, 0.15) is 16.7 Å². The highest BCUT2D eigenvalue weighted by molar-refractivity contribution is 5.81. The van der Waals surface area contributed by atoms with Crippen molar-refractivity contribution in [2.75, 3.05) is 0 Å². The number of carbonyl (C=O) groups is 1. The van der Waals surface area contributed by atoms with Crippen LogP contribution >= 0.6 is 0 Å². The molecule has 22 heavy (non-hydrogen) atoms. The quantitative estimate of drug-likeness (QED) is 0.896. The summed E-state index contributed by atoms with van der Waals surface area (Å²) in [5.74, 6) is -1.15. The number of fused-ring (bicyclic) bond motifs is 3. The minimum atomic E-state index is -4.91. The Morgan fingerprint density at radius 2 is 1.68 bits per heavy atom. The van der Waals surface area contributed by atoms with Crippen LogP contribution in [-0.4, -0.2) is 22.4 Å². The molecular weight excluding hydrogens is 297 g/mol. The first-order valence-electron chi connectivity index (χ1n) is 6.49. The summed E-state index contributed by atoms with van der Waals surface area (Å²) >= 11 is 0. The van der Waals surface area contributed by atoms with Gasteiger partial charge in [-0.1, -0.05) is 42.5 Å². The molecule has 1 aliphatic rings. The van der Waals surface area contributed by atoms with Crippen LogP contribution in [0.25, 0.3) is 11.1 Å². The van der Waals surface area contributed by atoms with Crippen LogP contribution < -0.4 is 0 Å². The van der Waals surface area contributed by atoms with Gasteiger partial charge in [-0.3, -0.25) is 4.79 Å². The average Bonchev–Trinajstić information content (AvgIpc) is 2.69. The van der Waals surface area contributed by atoms with Crippen LogP contribution in [0, 0.1) is 0 Å². The third-order valence-electron chi connectivity index (χ3n) is 3.85. The average molecular weight is 308 g/mol. The molecule has 6 heteroatoms. The molecule has 0 aromatic heterocycles. The first kappa shape index (κ1) is 14.6. The number of aliphatic hydroxyl groups is 1. The largest absolute Gasteiger partial charge is 0.481 e. The van der Waals surface area contributed by atoms with E-state index in [9.17, 15) is 23.1 Å². The van der Waals surface area contributed by atoms with Gasteiger partial charge in [0.2, 0.25) is 5.60 Å². The maximum Gasteiger partial charge on any atom is 0.425 e. The number of hydrogen-bond donors (Lipinski definition) is 2. The molecule has 0 aliphatic heterocycles. The summed E-state index contributed by atoms with van der Waals surface area (Å²) < 4.78 is 40.6. The van der Waals surface area contributed by atoms with Crippen molar-refractivity contribution < 1.29 is 28.2 Å². The summed E-state index contributed by atoms with van der Waals surface area (Å²) in [5, 5.41) is 19.2. The smallest absolute Gasteiger partial charge is 0.425 e. The lowest BCUT2D eigenvalue weighted by Crippen LogP contribution is -2.41. The Morgan fingerprint density at radius 1 is 1.05 bits per heavy atom. The number of benzene rings is 2. The van der Waals surface area contributed by atoms with Crippen LogP contribution in [0.4, 0.5) is 13.2 Å². The molecule has 1 unspecified atom stereocenters. The van der Waals surface area contributed by atoms with Crippen LogP contribution in [0.2, 0.25) is 0 Å². The van der Waals surface area contributed by atoms with E-state index in [4.69, 9.17) is 5.11 Å². The van der Waals surface area contributed by atoms with E-state index in [0.29, 0.717) is 5.56 Å². The summed E-state index contributed by atoms with van der Waals surface area (Å²) in [6.07, 6.45) is -5.31. The topological polar surface area (TPSA) is 57.5 Å². The molecule has 0 heterocycles. The van der Waals surface area contributed by atoms with E-state index in [1.54, 1.807) is 6.07 Å². The first-order valence-corrected chi connectivity index (χ1v) is 6.49. The molecule has 1 aliphatic carbocycles. The van der Waals surface area contributed by atoms with Crippen molar-refractivity contribution >= 4 is 5.97 Å². The molecule has 3 rings (SSSR count). The monoisotopic (exact) mass is 308 g/mol. The Kier molecular flexibility index (Phi) is 3.04. The summed E-state index contributed by atoms with van der Waals surface area (Å²) in [6.45, 7) is 0. The van der Waals surface area contributed by atoms with Crippen molar-refractivity contribution in [1.29, 1.82) is 0 Å². The lowest BCUT2D eigenvalue weighted by Gasteiger charge is -2.28. The van der Waals surface area contributed by atoms with Gasteiger partial charge in [0.05, 0.1) is 6.42 Å². The number of halogens is 3. The third-order valence-corrected chi connectivity index (χ3v) is 3.85. The van der Waals surface area contributed by atoms with Crippen LogP contribution in [0.15, 0.2) is 42.5 Å². The van der Waals surface area contributed by atoms with Crippen molar-refractivity contribution in [3.05, 3.63) is 59.2 Å². The Balaban J connectivity index is 2.28. The molecule has 2 aromatic carbocycles. The molecule has 0 saturated heterocycles. The zero-order valence-corrected chi connectivity index (χ0v) is 11.2. The molecule has 1 atom stereocenters. The number of hydrogen-bond acceptors (Lipinski definition) is 2. The molecule has 0 fully saturated rings. The fourth-order valence-corrected chi connectivity index (χ4v) is 2.89. The minimum Gasteiger partial charge on any atom is -0.481 e. The van der Waals surface area contributed by atoms with E-state index >= 15 is 0 Å². The van der Waals surface area contributed by atoms with Gasteiger partial charge in [0.15, 0.2) is 0 Å². The lowest BCUT2D eigenvalue weighted by molar-refractivity contribution is -0.246. The number of carboxylic acids is 1. The molecule has 0 bridgehead atoms. The zero-order valence-electron chi connectivity index (χ0n) is 11.2.